The first-order chi connectivity index (χ1) is 42.8. The largest absolute Gasteiger partial charge is 0.379 e. The van der Waals surface area contributed by atoms with Crippen molar-refractivity contribution in [1.82, 2.24) is 39.0 Å². The Labute approximate surface area is 531 Å². The molecule has 5 aromatic rings. The number of aromatic amines is 2. The van der Waals surface area contributed by atoms with Crippen molar-refractivity contribution in [3.05, 3.63) is 68.8 Å². The normalized spacial score (nSPS) is 12.9. The molecule has 2 unspecified atom stereocenters. The zero-order valence-electron chi connectivity index (χ0n) is 54.0. The second-order valence-corrected chi connectivity index (χ2v) is 27.0. The van der Waals surface area contributed by atoms with Gasteiger partial charge in [0.25, 0.3) is 11.1 Å². The van der Waals surface area contributed by atoms with E-state index in [-0.39, 0.29) is 82.9 Å². The van der Waals surface area contributed by atoms with E-state index in [2.05, 4.69) is 43.8 Å². The number of fused-ring (bicyclic) bond motifs is 2. The van der Waals surface area contributed by atoms with Crippen LogP contribution in [0.2, 0.25) is 0 Å². The number of hydrogen-bond acceptors (Lipinski definition) is 17. The van der Waals surface area contributed by atoms with Crippen LogP contribution in [0.5, 0.6) is 0 Å². The summed E-state index contributed by atoms with van der Waals surface area (Å²) < 4.78 is 67.9. The number of imidazole rings is 2. The predicted octanol–water partition coefficient (Wildman–Crippen LogP) is 15.5. The van der Waals surface area contributed by atoms with E-state index in [1.807, 2.05) is 31.2 Å². The summed E-state index contributed by atoms with van der Waals surface area (Å²) in [5.74, 6) is 0.0000606. The van der Waals surface area contributed by atoms with Crippen LogP contribution in [0.25, 0.3) is 22.3 Å². The van der Waals surface area contributed by atoms with Gasteiger partial charge in [0.05, 0.1) is 58.9 Å². The number of aryl methyl sites for hydroxylation is 1. The highest BCUT2D eigenvalue weighted by molar-refractivity contribution is 7.53. The van der Waals surface area contributed by atoms with Gasteiger partial charge in [-0.25, -0.2) is 9.97 Å². The number of ether oxygens (including phenoxy) is 4. The monoisotopic (exact) mass is 1290 g/mol. The summed E-state index contributed by atoms with van der Waals surface area (Å²) in [5.41, 5.74) is 13.5. The Morgan fingerprint density at radius 1 is 0.461 bits per heavy atom. The number of anilines is 2. The molecule has 4 heterocycles. The lowest BCUT2D eigenvalue weighted by Crippen LogP contribution is -2.14. The molecule has 0 amide bonds. The Kier molecular flexibility index (Phi) is 43.7. The molecule has 1 aromatic carbocycles. The maximum atomic E-state index is 13.6. The van der Waals surface area contributed by atoms with Gasteiger partial charge in [-0.2, -0.15) is 9.97 Å². The number of nitrogens with two attached hydrogens (primary N) is 2. The molecule has 89 heavy (non-hydrogen) atoms. The van der Waals surface area contributed by atoms with E-state index in [0.29, 0.717) is 37.7 Å². The van der Waals surface area contributed by atoms with Crippen molar-refractivity contribution >= 4 is 49.4 Å². The highest BCUT2D eigenvalue weighted by Crippen LogP contribution is 2.49. The molecule has 0 spiro atoms. The summed E-state index contributed by atoms with van der Waals surface area (Å²) in [6.45, 7) is 9.67. The number of nitrogen functional groups attached to an aromatic ring is 2. The van der Waals surface area contributed by atoms with E-state index >= 15 is 0 Å². The molecule has 22 nitrogen and oxygen atoms in total. The van der Waals surface area contributed by atoms with Gasteiger partial charge in [-0.1, -0.05) is 244 Å². The molecule has 508 valence electrons. The fourth-order valence-corrected chi connectivity index (χ4v) is 12.2. The number of nitrogens with zero attached hydrogens (tertiary/aromatic N) is 6. The predicted molar refractivity (Wildman–Crippen MR) is 360 cm³/mol. The van der Waals surface area contributed by atoms with Crippen LogP contribution in [0, 0.1) is 6.92 Å². The SMILES string of the molecule is C.CCCCCCCCCCCCCCCCCCOCCOP(=O)(COCCn1cnc2c(=O)[nH]c(N)nc21)OCc1ccc(C)cc1.CCCCCCCCCCCCCCCCCCOCCOP(=O)(O)COCCn1cnc2c(=O)[nH]c(N)nc21. The molecule has 0 aliphatic heterocycles. The molecule has 0 bridgehead atoms. The van der Waals surface area contributed by atoms with Crippen molar-refractivity contribution in [3.63, 3.8) is 0 Å². The zero-order chi connectivity index (χ0) is 63.2. The molecular weight excluding hydrogens is 1170 g/mol. The quantitative estimate of drug-likeness (QED) is 0.0178. The summed E-state index contributed by atoms with van der Waals surface area (Å²) in [4.78, 5) is 54.9. The number of unbranched alkanes of at least 4 members (excludes halogenated alkanes) is 30. The van der Waals surface area contributed by atoms with Crippen LogP contribution in [0.1, 0.15) is 238 Å². The first kappa shape index (κ1) is 78.9. The van der Waals surface area contributed by atoms with Gasteiger partial charge < -0.3 is 58.0 Å². The lowest BCUT2D eigenvalue weighted by Gasteiger charge is -2.19. The Balaban J connectivity index is 0.000000468. The second-order valence-electron chi connectivity index (χ2n) is 23.2. The molecule has 5 rings (SSSR count). The van der Waals surface area contributed by atoms with E-state index in [1.54, 1.807) is 9.13 Å². The molecule has 0 saturated heterocycles. The van der Waals surface area contributed by atoms with Gasteiger partial charge in [0.1, 0.15) is 12.7 Å². The lowest BCUT2D eigenvalue weighted by atomic mass is 10.0. The van der Waals surface area contributed by atoms with Crippen LogP contribution in [-0.4, -0.2) is 109 Å². The highest BCUT2D eigenvalue weighted by Gasteiger charge is 2.26. The van der Waals surface area contributed by atoms with Crippen molar-refractivity contribution in [1.29, 1.82) is 0 Å². The number of rotatable bonds is 55. The minimum absolute atomic E-state index is 0. The minimum Gasteiger partial charge on any atom is -0.379 e. The van der Waals surface area contributed by atoms with Crippen LogP contribution >= 0.6 is 15.2 Å². The molecular formula is C65H116N10O12P2. The van der Waals surface area contributed by atoms with Crippen LogP contribution in [-0.2, 0) is 61.3 Å². The van der Waals surface area contributed by atoms with E-state index < -0.39 is 32.7 Å². The van der Waals surface area contributed by atoms with Gasteiger partial charge in [-0.3, -0.25) is 28.7 Å². The molecule has 0 aliphatic rings. The van der Waals surface area contributed by atoms with E-state index in [0.717, 1.165) is 36.8 Å². The topological polar surface area (TPSA) is 298 Å². The van der Waals surface area contributed by atoms with Crippen molar-refractivity contribution < 1.29 is 46.5 Å². The van der Waals surface area contributed by atoms with Crippen LogP contribution in [0.3, 0.4) is 0 Å². The van der Waals surface area contributed by atoms with Crippen LogP contribution in [0.15, 0.2) is 46.5 Å². The van der Waals surface area contributed by atoms with Gasteiger partial charge in [-0.05, 0) is 25.3 Å². The average molecular weight is 1290 g/mol. The van der Waals surface area contributed by atoms with Crippen molar-refractivity contribution in [2.24, 2.45) is 0 Å². The summed E-state index contributed by atoms with van der Waals surface area (Å²) >= 11 is 0. The molecule has 0 fully saturated rings. The highest BCUT2D eigenvalue weighted by atomic mass is 31.2. The Bertz CT molecular complexity index is 2780. The molecule has 4 aromatic heterocycles. The van der Waals surface area contributed by atoms with Gasteiger partial charge >= 0.3 is 15.2 Å². The maximum absolute atomic E-state index is 13.6. The molecule has 0 saturated carbocycles. The number of benzene rings is 1. The van der Waals surface area contributed by atoms with Gasteiger partial charge in [-0.15, -0.1) is 0 Å². The third-order valence-electron chi connectivity index (χ3n) is 15.3. The number of nitrogens with one attached hydrogen (secondary N) is 2. The number of hydrogen-bond donors (Lipinski definition) is 5. The Hall–Kier alpha value is -4.34. The van der Waals surface area contributed by atoms with Crippen molar-refractivity contribution in [2.75, 3.05) is 77.0 Å². The van der Waals surface area contributed by atoms with Gasteiger partial charge in [0.15, 0.2) is 22.3 Å². The summed E-state index contributed by atoms with van der Waals surface area (Å²) in [6.07, 6.45) is 44.9. The van der Waals surface area contributed by atoms with Crippen LogP contribution in [0.4, 0.5) is 11.9 Å². The third kappa shape index (κ3) is 36.5. The van der Waals surface area contributed by atoms with E-state index in [1.165, 1.54) is 192 Å². The smallest absolute Gasteiger partial charge is 0.356 e. The fourth-order valence-electron chi connectivity index (χ4n) is 10.1. The third-order valence-corrected chi connectivity index (χ3v) is 18.0. The summed E-state index contributed by atoms with van der Waals surface area (Å²) in [7, 11) is -7.45. The minimum atomic E-state index is -3.87. The standard InChI is InChI=1S/C36H60N5O6P.C28H52N5O6P.CH4/c1-3-4-5-6-7-8-9-10-11-12-13-14-15-16-17-18-24-44-26-27-46-48(43,47-28-32-21-19-31(2)20-22-32)30-45-25-23-41-29-38-33-34(41)39-36(37)40-35(33)42;1-2-3-4-5-6-7-8-9-10-11-12-13-14-15-16-17-19-37-21-22-39-40(35,36)24-38-20-18-33-23-30-25-26(33)31-28(29)32-27(25)34;/h19-22,29H,3-18,23-28,30H2,1-2H3,(H3,37,39,40,42);23H,2-22,24H2,1H3,(H,35,36)(H3,29,31,32,34);1H4. The van der Waals surface area contributed by atoms with Gasteiger partial charge in [0, 0.05) is 26.3 Å². The lowest BCUT2D eigenvalue weighted by molar-refractivity contribution is 0.0756. The zero-order valence-corrected chi connectivity index (χ0v) is 55.7. The second kappa shape index (κ2) is 49.3. The maximum Gasteiger partial charge on any atom is 0.356 e. The Morgan fingerprint density at radius 2 is 0.820 bits per heavy atom. The molecule has 24 heteroatoms. The average Bonchev–Trinajstić information content (AvgIpc) is 2.71. The fraction of sp³-hybridized carbons (Fsp3) is 0.754. The number of H-pyrrole nitrogens is 2. The van der Waals surface area contributed by atoms with Crippen LogP contribution < -0.4 is 22.6 Å². The van der Waals surface area contributed by atoms with Crippen molar-refractivity contribution in [2.45, 2.75) is 253 Å². The summed E-state index contributed by atoms with van der Waals surface area (Å²) in [5, 5.41) is 0. The molecule has 0 radical (unpaired) electrons. The number of aromatic nitrogens is 8. The first-order valence-electron chi connectivity index (χ1n) is 33.4. The summed E-state index contributed by atoms with van der Waals surface area (Å²) in [6, 6.07) is 7.84. The van der Waals surface area contributed by atoms with Crippen molar-refractivity contribution in [3.8, 4) is 0 Å². The van der Waals surface area contributed by atoms with E-state index in [9.17, 15) is 23.6 Å². The molecule has 0 aliphatic carbocycles. The molecule has 7 N–H and O–H groups in total. The van der Waals surface area contributed by atoms with Gasteiger partial charge in [0.2, 0.25) is 11.9 Å². The first-order valence-corrected chi connectivity index (χ1v) is 36.9. The molecule has 2 atom stereocenters. The van der Waals surface area contributed by atoms with E-state index in [4.69, 9.17) is 44.0 Å². The Morgan fingerprint density at radius 3 is 1.21 bits per heavy atom.